The van der Waals surface area contributed by atoms with Crippen molar-refractivity contribution in [3.63, 3.8) is 0 Å². The molecule has 2 aromatic heterocycles. The van der Waals surface area contributed by atoms with Crippen LogP contribution in [-0.2, 0) is 10.2 Å². The number of benzene rings is 3. The lowest BCUT2D eigenvalue weighted by atomic mass is 9.88. The zero-order valence-corrected chi connectivity index (χ0v) is 22.4. The number of pyridine rings is 1. The molecule has 0 amide bonds. The Morgan fingerprint density at radius 3 is 2.55 bits per heavy atom. The number of aryl methyl sites for hydroxylation is 2. The lowest BCUT2D eigenvalue weighted by Crippen LogP contribution is -2.12. The molecule has 0 aliphatic carbocycles. The van der Waals surface area contributed by atoms with Gasteiger partial charge >= 0.3 is 0 Å². The molecule has 6 rings (SSSR count). The molecule has 3 heterocycles. The summed E-state index contributed by atoms with van der Waals surface area (Å²) in [4.78, 5) is 9.10. The maximum Gasteiger partial charge on any atom is 0.216 e. The first-order valence-corrected chi connectivity index (χ1v) is 12.9. The minimum Gasteiger partial charge on any atom is -0.475 e. The summed E-state index contributed by atoms with van der Waals surface area (Å²) in [6, 6.07) is 21.7. The van der Waals surface area contributed by atoms with Gasteiger partial charge in [-0.1, -0.05) is 32.4 Å². The molecule has 0 N–H and O–H groups in total. The number of ether oxygens (including phenoxy) is 2. The zero-order chi connectivity index (χ0) is 29.1. The van der Waals surface area contributed by atoms with Crippen molar-refractivity contribution in [3.8, 4) is 17.3 Å². The van der Waals surface area contributed by atoms with Crippen molar-refractivity contribution in [3.05, 3.63) is 95.2 Å². The summed E-state index contributed by atoms with van der Waals surface area (Å²) >= 11 is 0. The fourth-order valence-corrected chi connectivity index (χ4v) is 5.03. The van der Waals surface area contributed by atoms with Gasteiger partial charge < -0.3 is 9.47 Å². The van der Waals surface area contributed by atoms with E-state index in [1.165, 1.54) is 11.1 Å². The second-order valence-corrected chi connectivity index (χ2v) is 11.1. The maximum atomic E-state index is 7.67. The SMILES string of the molecule is [2H]C([2H])([2H])[C@@H]1COC(c2cc(C)cc(Oc3ccc4c5cc(C)ccc5n(-c5cc(C(C)(C)C)ccn5)c4c3)c2)=N1. The molecule has 0 spiro atoms. The number of rotatable bonds is 4. The van der Waals surface area contributed by atoms with Gasteiger partial charge in [0.25, 0.3) is 0 Å². The molecule has 1 aliphatic heterocycles. The minimum absolute atomic E-state index is 0.0129. The third kappa shape index (κ3) is 4.43. The van der Waals surface area contributed by atoms with Gasteiger partial charge in [0.1, 0.15) is 23.9 Å². The van der Waals surface area contributed by atoms with E-state index in [0.29, 0.717) is 23.0 Å². The van der Waals surface area contributed by atoms with Gasteiger partial charge in [0.2, 0.25) is 5.90 Å². The summed E-state index contributed by atoms with van der Waals surface area (Å²) in [6.45, 7) is 8.52. The molecular weight excluding hydrogens is 470 g/mol. The third-order valence-electron chi connectivity index (χ3n) is 6.92. The van der Waals surface area contributed by atoms with Crippen LogP contribution in [0.25, 0.3) is 27.6 Å². The van der Waals surface area contributed by atoms with E-state index < -0.39 is 12.9 Å². The Morgan fingerprint density at radius 1 is 0.895 bits per heavy atom. The van der Waals surface area contributed by atoms with Crippen LogP contribution in [0.15, 0.2) is 77.9 Å². The number of aliphatic imine (C=N–C) groups is 1. The van der Waals surface area contributed by atoms with Crippen LogP contribution in [0.3, 0.4) is 0 Å². The van der Waals surface area contributed by atoms with E-state index >= 15 is 0 Å². The summed E-state index contributed by atoms with van der Waals surface area (Å²) in [7, 11) is 0. The molecule has 192 valence electrons. The van der Waals surface area contributed by atoms with Crippen LogP contribution in [0.2, 0.25) is 0 Å². The Bertz CT molecular complexity index is 1830. The largest absolute Gasteiger partial charge is 0.475 e. The molecule has 38 heavy (non-hydrogen) atoms. The van der Waals surface area contributed by atoms with Gasteiger partial charge in [-0.05, 0) is 91.8 Å². The van der Waals surface area contributed by atoms with Gasteiger partial charge in [-0.2, -0.15) is 0 Å². The van der Waals surface area contributed by atoms with Gasteiger partial charge in [0.05, 0.1) is 17.1 Å². The van der Waals surface area contributed by atoms with Crippen molar-refractivity contribution in [1.82, 2.24) is 9.55 Å². The van der Waals surface area contributed by atoms with E-state index in [0.717, 1.165) is 33.2 Å². The van der Waals surface area contributed by atoms with Crippen molar-refractivity contribution in [2.45, 2.75) is 52.9 Å². The van der Waals surface area contributed by atoms with E-state index in [-0.39, 0.29) is 12.0 Å². The monoisotopic (exact) mass is 506 g/mol. The standard InChI is InChI=1S/C33H33N3O2/c1-20-7-10-29-28(15-20)27-9-8-25(18-30(27)36(29)31-17-24(11-12-34-31)33(4,5)6)38-26-14-21(2)13-23(16-26)32-35-22(3)19-37-32/h7-18,22H,19H2,1-6H3/t22-/m1/s1/i3D3. The van der Waals surface area contributed by atoms with Gasteiger partial charge in [0.15, 0.2) is 0 Å². The topological polar surface area (TPSA) is 48.6 Å². The van der Waals surface area contributed by atoms with Crippen LogP contribution in [0.4, 0.5) is 0 Å². The van der Waals surface area contributed by atoms with Gasteiger partial charge in [-0.3, -0.25) is 4.57 Å². The van der Waals surface area contributed by atoms with E-state index in [1.807, 2.05) is 43.5 Å². The summed E-state index contributed by atoms with van der Waals surface area (Å²) in [6.07, 6.45) is 1.88. The van der Waals surface area contributed by atoms with E-state index in [2.05, 4.69) is 73.7 Å². The highest BCUT2D eigenvalue weighted by Gasteiger charge is 2.20. The van der Waals surface area contributed by atoms with Crippen LogP contribution in [0, 0.1) is 13.8 Å². The van der Waals surface area contributed by atoms with Crippen molar-refractivity contribution < 1.29 is 13.6 Å². The fourth-order valence-electron chi connectivity index (χ4n) is 5.03. The summed E-state index contributed by atoms with van der Waals surface area (Å²) in [5.41, 5.74) is 6.12. The molecule has 1 atom stereocenters. The highest BCUT2D eigenvalue weighted by molar-refractivity contribution is 6.09. The average molecular weight is 507 g/mol. The molecule has 0 unspecified atom stereocenters. The second-order valence-electron chi connectivity index (χ2n) is 11.1. The van der Waals surface area contributed by atoms with Crippen molar-refractivity contribution in [1.29, 1.82) is 0 Å². The molecule has 0 bridgehead atoms. The average Bonchev–Trinajstić information content (AvgIpc) is 3.51. The quantitative estimate of drug-likeness (QED) is 0.248. The Morgan fingerprint density at radius 2 is 1.76 bits per heavy atom. The van der Waals surface area contributed by atoms with Crippen molar-refractivity contribution in [2.24, 2.45) is 4.99 Å². The smallest absolute Gasteiger partial charge is 0.216 e. The Labute approximate surface area is 228 Å². The first-order valence-electron chi connectivity index (χ1n) is 14.4. The Balaban J connectivity index is 1.44. The molecule has 0 saturated carbocycles. The van der Waals surface area contributed by atoms with Crippen molar-refractivity contribution in [2.75, 3.05) is 6.61 Å². The van der Waals surface area contributed by atoms with Crippen LogP contribution >= 0.6 is 0 Å². The van der Waals surface area contributed by atoms with Crippen LogP contribution in [0.1, 0.15) is 54.0 Å². The molecule has 3 aromatic carbocycles. The number of fused-ring (bicyclic) bond motifs is 3. The summed E-state index contributed by atoms with van der Waals surface area (Å²) in [5, 5.41) is 2.28. The van der Waals surface area contributed by atoms with Crippen molar-refractivity contribution >= 4 is 27.7 Å². The highest BCUT2D eigenvalue weighted by atomic mass is 16.5. The molecule has 5 aromatic rings. The summed E-state index contributed by atoms with van der Waals surface area (Å²) < 4.78 is 37.3. The Kier molecular flexibility index (Phi) is 4.95. The number of hydrogen-bond donors (Lipinski definition) is 0. The molecular formula is C33H33N3O2. The number of nitrogens with zero attached hydrogens (tertiary/aromatic N) is 3. The normalized spacial score (nSPS) is 17.1. The first kappa shape index (κ1) is 20.9. The molecule has 5 heteroatoms. The number of hydrogen-bond acceptors (Lipinski definition) is 4. The summed E-state index contributed by atoms with van der Waals surface area (Å²) in [5.74, 6) is 2.48. The van der Waals surface area contributed by atoms with E-state index in [4.69, 9.17) is 18.6 Å². The van der Waals surface area contributed by atoms with E-state index in [1.54, 1.807) is 0 Å². The number of aromatic nitrogens is 2. The van der Waals surface area contributed by atoms with Gasteiger partial charge in [-0.25, -0.2) is 9.98 Å². The second kappa shape index (κ2) is 9.02. The lowest BCUT2D eigenvalue weighted by molar-refractivity contribution is 0.324. The lowest BCUT2D eigenvalue weighted by Gasteiger charge is -2.20. The molecule has 0 fully saturated rings. The molecule has 1 aliphatic rings. The predicted molar refractivity (Wildman–Crippen MR) is 155 cm³/mol. The van der Waals surface area contributed by atoms with Crippen LogP contribution in [-0.4, -0.2) is 28.1 Å². The maximum absolute atomic E-state index is 7.67. The first-order chi connectivity index (χ1) is 19.4. The third-order valence-corrected chi connectivity index (χ3v) is 6.92. The molecule has 0 radical (unpaired) electrons. The van der Waals surface area contributed by atoms with Gasteiger partial charge in [0, 0.05) is 32.7 Å². The fraction of sp³-hybridized carbons (Fsp3) is 0.273. The highest BCUT2D eigenvalue weighted by Crippen LogP contribution is 2.36. The Hall–Kier alpha value is -4.12. The van der Waals surface area contributed by atoms with Crippen LogP contribution in [0.5, 0.6) is 11.5 Å². The van der Waals surface area contributed by atoms with Gasteiger partial charge in [-0.15, -0.1) is 0 Å². The molecule has 5 nitrogen and oxygen atoms in total. The predicted octanol–water partition coefficient (Wildman–Crippen LogP) is 8.05. The zero-order valence-electron chi connectivity index (χ0n) is 25.4. The minimum atomic E-state index is -2.20. The van der Waals surface area contributed by atoms with E-state index in [9.17, 15) is 0 Å². The molecule has 0 saturated heterocycles. The van der Waals surface area contributed by atoms with Crippen LogP contribution < -0.4 is 4.74 Å².